The van der Waals surface area contributed by atoms with Crippen molar-refractivity contribution in [3.05, 3.63) is 65.5 Å². The van der Waals surface area contributed by atoms with Crippen molar-refractivity contribution < 1.29 is 9.18 Å². The van der Waals surface area contributed by atoms with E-state index in [4.69, 9.17) is 0 Å². The lowest BCUT2D eigenvalue weighted by molar-refractivity contribution is -0.131. The standard InChI is InChI=1S/C18H18FNOS/c1-12(13-7-9-15(19)10-8-13)20(2)18(21)17-11-14-5-3-4-6-16(14)22-17/h3-10,12,17H,11H2,1-2H3. The number of amides is 1. The van der Waals surface area contributed by atoms with E-state index in [2.05, 4.69) is 12.1 Å². The zero-order valence-corrected chi connectivity index (χ0v) is 13.4. The van der Waals surface area contributed by atoms with E-state index in [1.807, 2.05) is 26.1 Å². The van der Waals surface area contributed by atoms with Gasteiger partial charge in [-0.15, -0.1) is 11.8 Å². The summed E-state index contributed by atoms with van der Waals surface area (Å²) in [6.45, 7) is 1.97. The van der Waals surface area contributed by atoms with E-state index in [-0.39, 0.29) is 23.0 Å². The summed E-state index contributed by atoms with van der Waals surface area (Å²) in [6, 6.07) is 14.4. The van der Waals surface area contributed by atoms with Gasteiger partial charge in [-0.05, 0) is 42.7 Å². The van der Waals surface area contributed by atoms with E-state index in [1.165, 1.54) is 22.6 Å². The van der Waals surface area contributed by atoms with Crippen LogP contribution in [0.2, 0.25) is 0 Å². The summed E-state index contributed by atoms with van der Waals surface area (Å²) < 4.78 is 13.0. The zero-order valence-electron chi connectivity index (χ0n) is 12.6. The Kier molecular flexibility index (Phi) is 4.21. The number of benzene rings is 2. The first-order chi connectivity index (χ1) is 10.6. The van der Waals surface area contributed by atoms with E-state index in [0.717, 1.165) is 12.0 Å². The predicted octanol–water partition coefficient (Wildman–Crippen LogP) is 4.06. The second-order valence-electron chi connectivity index (χ2n) is 5.60. The van der Waals surface area contributed by atoms with Crippen LogP contribution in [0.25, 0.3) is 0 Å². The Morgan fingerprint density at radius 2 is 1.91 bits per heavy atom. The molecule has 1 aliphatic heterocycles. The Labute approximate surface area is 134 Å². The molecule has 0 aliphatic carbocycles. The number of thioether (sulfide) groups is 1. The van der Waals surface area contributed by atoms with Crippen LogP contribution in [-0.2, 0) is 11.2 Å². The summed E-state index contributed by atoms with van der Waals surface area (Å²) in [6.07, 6.45) is 0.778. The molecule has 3 rings (SSSR count). The van der Waals surface area contributed by atoms with Crippen LogP contribution in [0.1, 0.15) is 24.1 Å². The first-order valence-electron chi connectivity index (χ1n) is 7.33. The van der Waals surface area contributed by atoms with Crippen molar-refractivity contribution in [1.82, 2.24) is 4.90 Å². The van der Waals surface area contributed by atoms with Crippen LogP contribution in [0.5, 0.6) is 0 Å². The topological polar surface area (TPSA) is 20.3 Å². The number of fused-ring (bicyclic) bond motifs is 1. The molecule has 2 atom stereocenters. The predicted molar refractivity (Wildman–Crippen MR) is 87.4 cm³/mol. The molecule has 1 amide bonds. The molecule has 22 heavy (non-hydrogen) atoms. The first kappa shape index (κ1) is 15.1. The van der Waals surface area contributed by atoms with Crippen LogP contribution in [0.3, 0.4) is 0 Å². The molecule has 4 heteroatoms. The van der Waals surface area contributed by atoms with Gasteiger partial charge in [0.25, 0.3) is 0 Å². The van der Waals surface area contributed by atoms with Gasteiger partial charge in [0.15, 0.2) is 0 Å². The molecule has 114 valence electrons. The lowest BCUT2D eigenvalue weighted by Crippen LogP contribution is -2.36. The molecule has 0 fully saturated rings. The van der Waals surface area contributed by atoms with Crippen LogP contribution in [0, 0.1) is 5.82 Å². The molecule has 0 aromatic heterocycles. The van der Waals surface area contributed by atoms with Crippen LogP contribution < -0.4 is 0 Å². The van der Waals surface area contributed by atoms with Crippen LogP contribution in [-0.4, -0.2) is 23.1 Å². The van der Waals surface area contributed by atoms with Gasteiger partial charge in [-0.25, -0.2) is 4.39 Å². The Morgan fingerprint density at radius 1 is 1.23 bits per heavy atom. The van der Waals surface area contributed by atoms with E-state index >= 15 is 0 Å². The minimum absolute atomic E-state index is 0.0645. The quantitative estimate of drug-likeness (QED) is 0.851. The van der Waals surface area contributed by atoms with Crippen molar-refractivity contribution in [2.45, 2.75) is 29.5 Å². The van der Waals surface area contributed by atoms with Gasteiger partial charge in [0.05, 0.1) is 11.3 Å². The molecule has 2 nitrogen and oxygen atoms in total. The van der Waals surface area contributed by atoms with Crippen molar-refractivity contribution in [3.63, 3.8) is 0 Å². The minimum Gasteiger partial charge on any atom is -0.338 e. The maximum atomic E-state index is 13.0. The van der Waals surface area contributed by atoms with Crippen LogP contribution in [0.4, 0.5) is 4.39 Å². The molecule has 2 aromatic carbocycles. The van der Waals surface area contributed by atoms with Gasteiger partial charge in [-0.1, -0.05) is 30.3 Å². The van der Waals surface area contributed by atoms with Crippen molar-refractivity contribution in [2.24, 2.45) is 0 Å². The fraction of sp³-hybridized carbons (Fsp3) is 0.278. The fourth-order valence-corrected chi connectivity index (χ4v) is 4.00. The molecule has 0 bridgehead atoms. The molecule has 0 N–H and O–H groups in total. The molecule has 1 aliphatic rings. The highest BCUT2D eigenvalue weighted by Gasteiger charge is 2.31. The number of hydrogen-bond acceptors (Lipinski definition) is 2. The van der Waals surface area contributed by atoms with Gasteiger partial charge in [0, 0.05) is 11.9 Å². The fourth-order valence-electron chi connectivity index (χ4n) is 2.70. The summed E-state index contributed by atoms with van der Waals surface area (Å²) in [4.78, 5) is 15.7. The number of halogens is 1. The molecule has 2 unspecified atom stereocenters. The summed E-state index contributed by atoms with van der Waals surface area (Å²) in [5.41, 5.74) is 2.19. The number of carbonyl (C=O) groups is 1. The van der Waals surface area contributed by atoms with E-state index in [0.29, 0.717) is 0 Å². The molecule has 0 saturated heterocycles. The zero-order chi connectivity index (χ0) is 15.7. The normalized spacial score (nSPS) is 17.9. The largest absolute Gasteiger partial charge is 0.338 e. The Morgan fingerprint density at radius 3 is 2.59 bits per heavy atom. The molecule has 0 saturated carbocycles. The molecular formula is C18H18FNOS. The molecule has 2 aromatic rings. The van der Waals surface area contributed by atoms with Crippen molar-refractivity contribution >= 4 is 17.7 Å². The monoisotopic (exact) mass is 315 g/mol. The first-order valence-corrected chi connectivity index (χ1v) is 8.21. The van der Waals surface area contributed by atoms with Crippen LogP contribution >= 0.6 is 11.8 Å². The van der Waals surface area contributed by atoms with E-state index in [9.17, 15) is 9.18 Å². The number of hydrogen-bond donors (Lipinski definition) is 0. The minimum atomic E-state index is -0.258. The third-order valence-corrected chi connectivity index (χ3v) is 5.51. The number of rotatable bonds is 3. The van der Waals surface area contributed by atoms with Crippen molar-refractivity contribution in [3.8, 4) is 0 Å². The SMILES string of the molecule is CC(c1ccc(F)cc1)N(C)C(=O)C1Cc2ccccc2S1. The highest BCUT2D eigenvalue weighted by molar-refractivity contribution is 8.01. The molecule has 1 heterocycles. The summed E-state index contributed by atoms with van der Waals surface area (Å²) in [5.74, 6) is -0.134. The highest BCUT2D eigenvalue weighted by atomic mass is 32.2. The maximum absolute atomic E-state index is 13.0. The second-order valence-corrected chi connectivity index (χ2v) is 6.84. The summed E-state index contributed by atoms with van der Waals surface area (Å²) in [5, 5.41) is -0.0645. The Bertz CT molecular complexity index is 661. The lowest BCUT2D eigenvalue weighted by Gasteiger charge is -2.27. The lowest BCUT2D eigenvalue weighted by atomic mass is 10.1. The third kappa shape index (κ3) is 2.88. The highest BCUT2D eigenvalue weighted by Crippen LogP contribution is 2.38. The molecular weight excluding hydrogens is 297 g/mol. The smallest absolute Gasteiger partial charge is 0.236 e. The van der Waals surface area contributed by atoms with Gasteiger partial charge in [-0.3, -0.25) is 4.79 Å². The molecule has 0 radical (unpaired) electrons. The third-order valence-electron chi connectivity index (χ3n) is 4.20. The summed E-state index contributed by atoms with van der Waals surface area (Å²) in [7, 11) is 1.82. The van der Waals surface area contributed by atoms with Gasteiger partial charge in [0.1, 0.15) is 5.82 Å². The average Bonchev–Trinajstić information content (AvgIpc) is 2.97. The Balaban J connectivity index is 1.71. The maximum Gasteiger partial charge on any atom is 0.236 e. The number of carbonyl (C=O) groups excluding carboxylic acids is 1. The van der Waals surface area contributed by atoms with E-state index in [1.54, 1.807) is 28.8 Å². The van der Waals surface area contributed by atoms with Gasteiger partial charge >= 0.3 is 0 Å². The van der Waals surface area contributed by atoms with Crippen LogP contribution in [0.15, 0.2) is 53.4 Å². The average molecular weight is 315 g/mol. The van der Waals surface area contributed by atoms with E-state index < -0.39 is 0 Å². The van der Waals surface area contributed by atoms with Crippen molar-refractivity contribution in [2.75, 3.05) is 7.05 Å². The van der Waals surface area contributed by atoms with Gasteiger partial charge in [-0.2, -0.15) is 0 Å². The van der Waals surface area contributed by atoms with Gasteiger partial charge < -0.3 is 4.90 Å². The Hall–Kier alpha value is -1.81. The summed E-state index contributed by atoms with van der Waals surface area (Å²) >= 11 is 1.64. The van der Waals surface area contributed by atoms with Crippen molar-refractivity contribution in [1.29, 1.82) is 0 Å². The van der Waals surface area contributed by atoms with Gasteiger partial charge in [0.2, 0.25) is 5.91 Å². The molecule has 0 spiro atoms. The second kappa shape index (κ2) is 6.13. The number of nitrogens with zero attached hydrogens (tertiary/aromatic N) is 1.